The van der Waals surface area contributed by atoms with Crippen molar-refractivity contribution in [1.29, 1.82) is 0 Å². The van der Waals surface area contributed by atoms with Crippen LogP contribution in [-0.2, 0) is 16.6 Å². The van der Waals surface area contributed by atoms with E-state index in [9.17, 15) is 8.42 Å². The molecule has 0 amide bonds. The zero-order valence-electron chi connectivity index (χ0n) is 12.8. The highest BCUT2D eigenvalue weighted by Gasteiger charge is 2.20. The summed E-state index contributed by atoms with van der Waals surface area (Å²) in [5, 5.41) is 3.21. The van der Waals surface area contributed by atoms with E-state index in [1.165, 1.54) is 0 Å². The molecule has 0 saturated heterocycles. The van der Waals surface area contributed by atoms with Crippen LogP contribution in [0.15, 0.2) is 29.2 Å². The first-order valence-electron chi connectivity index (χ1n) is 7.22. The Bertz CT molecular complexity index is 495. The molecule has 0 spiro atoms. The van der Waals surface area contributed by atoms with Gasteiger partial charge in [-0.05, 0) is 36.6 Å². The molecule has 4 nitrogen and oxygen atoms in total. The van der Waals surface area contributed by atoms with Gasteiger partial charge in [-0.15, -0.1) is 0 Å². The highest BCUT2D eigenvalue weighted by atomic mass is 32.2. The Morgan fingerprint density at radius 3 is 2.15 bits per heavy atom. The Kier molecular flexibility index (Phi) is 6.65. The van der Waals surface area contributed by atoms with Crippen LogP contribution in [0, 0.1) is 5.92 Å². The lowest BCUT2D eigenvalue weighted by atomic mass is 10.0. The largest absolute Gasteiger partial charge is 0.313 e. The standard InChI is InChI=1S/C15H26N2O2S/c1-5-15(12(3)4)17-20(18,19)14-9-7-13(8-10-14)11-16-6-2/h7-10,12,15-17H,5-6,11H2,1-4H3. The smallest absolute Gasteiger partial charge is 0.240 e. The van der Waals surface area contributed by atoms with Crippen molar-refractivity contribution < 1.29 is 8.42 Å². The molecule has 0 bridgehead atoms. The Balaban J connectivity index is 2.82. The third-order valence-electron chi connectivity index (χ3n) is 3.36. The molecule has 0 aliphatic heterocycles. The van der Waals surface area contributed by atoms with Gasteiger partial charge in [-0.2, -0.15) is 0 Å². The Morgan fingerprint density at radius 1 is 1.10 bits per heavy atom. The third-order valence-corrected chi connectivity index (χ3v) is 4.87. The molecule has 0 saturated carbocycles. The molecular weight excluding hydrogens is 272 g/mol. The Labute approximate surface area is 123 Å². The maximum atomic E-state index is 12.3. The van der Waals surface area contributed by atoms with E-state index in [4.69, 9.17) is 0 Å². The minimum absolute atomic E-state index is 0.0264. The summed E-state index contributed by atoms with van der Waals surface area (Å²) >= 11 is 0. The molecule has 20 heavy (non-hydrogen) atoms. The van der Waals surface area contributed by atoms with E-state index >= 15 is 0 Å². The van der Waals surface area contributed by atoms with Crippen molar-refractivity contribution in [3.8, 4) is 0 Å². The SMILES string of the molecule is CCNCc1ccc(S(=O)(=O)NC(CC)C(C)C)cc1. The fourth-order valence-corrected chi connectivity index (χ4v) is 3.48. The first-order chi connectivity index (χ1) is 9.40. The molecule has 0 fully saturated rings. The highest BCUT2D eigenvalue weighted by Crippen LogP contribution is 2.14. The zero-order chi connectivity index (χ0) is 15.2. The second-order valence-corrected chi connectivity index (χ2v) is 7.02. The van der Waals surface area contributed by atoms with Crippen molar-refractivity contribution in [2.24, 2.45) is 5.92 Å². The van der Waals surface area contributed by atoms with E-state index in [0.29, 0.717) is 4.90 Å². The molecule has 114 valence electrons. The molecule has 1 unspecified atom stereocenters. The monoisotopic (exact) mass is 298 g/mol. The second-order valence-electron chi connectivity index (χ2n) is 5.30. The van der Waals surface area contributed by atoms with Crippen LogP contribution in [0.1, 0.15) is 39.7 Å². The molecule has 1 aromatic carbocycles. The van der Waals surface area contributed by atoms with Crippen molar-refractivity contribution in [2.75, 3.05) is 6.54 Å². The van der Waals surface area contributed by atoms with Crippen LogP contribution < -0.4 is 10.0 Å². The molecule has 1 aromatic rings. The van der Waals surface area contributed by atoms with Gasteiger partial charge in [0.1, 0.15) is 0 Å². The van der Waals surface area contributed by atoms with Crippen molar-refractivity contribution in [3.05, 3.63) is 29.8 Å². The average molecular weight is 298 g/mol. The highest BCUT2D eigenvalue weighted by molar-refractivity contribution is 7.89. The molecule has 1 atom stereocenters. The summed E-state index contributed by atoms with van der Waals surface area (Å²) < 4.78 is 27.4. The summed E-state index contributed by atoms with van der Waals surface area (Å²) in [5.41, 5.74) is 1.08. The van der Waals surface area contributed by atoms with E-state index in [1.807, 2.05) is 39.8 Å². The van der Waals surface area contributed by atoms with Crippen LogP contribution in [0.4, 0.5) is 0 Å². The van der Waals surface area contributed by atoms with E-state index in [0.717, 1.165) is 25.1 Å². The molecule has 0 aromatic heterocycles. The van der Waals surface area contributed by atoms with Gasteiger partial charge in [0.2, 0.25) is 10.0 Å². The molecule has 0 heterocycles. The number of rotatable bonds is 8. The summed E-state index contributed by atoms with van der Waals surface area (Å²) in [6, 6.07) is 7.02. The lowest BCUT2D eigenvalue weighted by Crippen LogP contribution is -2.37. The quantitative estimate of drug-likeness (QED) is 0.775. The topological polar surface area (TPSA) is 58.2 Å². The van der Waals surface area contributed by atoms with Crippen LogP contribution in [0.25, 0.3) is 0 Å². The number of hydrogen-bond donors (Lipinski definition) is 2. The van der Waals surface area contributed by atoms with Crippen molar-refractivity contribution in [3.63, 3.8) is 0 Å². The summed E-state index contributed by atoms with van der Waals surface area (Å²) in [5.74, 6) is 0.280. The number of benzene rings is 1. The van der Waals surface area contributed by atoms with Gasteiger partial charge < -0.3 is 5.32 Å². The number of nitrogens with one attached hydrogen (secondary N) is 2. The molecule has 0 radical (unpaired) electrons. The van der Waals surface area contributed by atoms with Gasteiger partial charge in [0.05, 0.1) is 4.90 Å². The first-order valence-corrected chi connectivity index (χ1v) is 8.71. The molecule has 1 rings (SSSR count). The van der Waals surface area contributed by atoms with Crippen LogP contribution in [0.5, 0.6) is 0 Å². The predicted molar refractivity (Wildman–Crippen MR) is 83.1 cm³/mol. The number of hydrogen-bond acceptors (Lipinski definition) is 3. The molecular formula is C15H26N2O2S. The fraction of sp³-hybridized carbons (Fsp3) is 0.600. The predicted octanol–water partition coefficient (Wildman–Crippen LogP) is 2.51. The van der Waals surface area contributed by atoms with Gasteiger partial charge in [-0.3, -0.25) is 0 Å². The van der Waals surface area contributed by atoms with Gasteiger partial charge in [0.25, 0.3) is 0 Å². The Hall–Kier alpha value is -0.910. The van der Waals surface area contributed by atoms with Crippen molar-refractivity contribution in [2.45, 2.75) is 51.6 Å². The molecule has 0 aliphatic carbocycles. The summed E-state index contributed by atoms with van der Waals surface area (Å²) in [6.07, 6.45) is 0.787. The van der Waals surface area contributed by atoms with E-state index < -0.39 is 10.0 Å². The van der Waals surface area contributed by atoms with Crippen LogP contribution in [0.3, 0.4) is 0 Å². The van der Waals surface area contributed by atoms with Gasteiger partial charge >= 0.3 is 0 Å². The van der Waals surface area contributed by atoms with Gasteiger partial charge in [0.15, 0.2) is 0 Å². The average Bonchev–Trinajstić information content (AvgIpc) is 2.42. The van der Waals surface area contributed by atoms with Crippen LogP contribution in [-0.4, -0.2) is 21.0 Å². The maximum absolute atomic E-state index is 12.3. The maximum Gasteiger partial charge on any atom is 0.240 e. The van der Waals surface area contributed by atoms with Gasteiger partial charge in [-0.1, -0.05) is 39.8 Å². The van der Waals surface area contributed by atoms with Gasteiger partial charge in [-0.25, -0.2) is 13.1 Å². The third kappa shape index (κ3) is 4.89. The first kappa shape index (κ1) is 17.1. The lowest BCUT2D eigenvalue weighted by molar-refractivity contribution is 0.437. The minimum atomic E-state index is -3.42. The number of sulfonamides is 1. The van der Waals surface area contributed by atoms with Crippen LogP contribution in [0.2, 0.25) is 0 Å². The zero-order valence-corrected chi connectivity index (χ0v) is 13.6. The summed E-state index contributed by atoms with van der Waals surface area (Å²) in [6.45, 7) is 9.74. The molecule has 5 heteroatoms. The molecule has 2 N–H and O–H groups in total. The normalized spacial score (nSPS) is 13.7. The Morgan fingerprint density at radius 2 is 1.70 bits per heavy atom. The minimum Gasteiger partial charge on any atom is -0.313 e. The molecule has 0 aliphatic rings. The lowest BCUT2D eigenvalue weighted by Gasteiger charge is -2.20. The van der Waals surface area contributed by atoms with Crippen LogP contribution >= 0.6 is 0 Å². The van der Waals surface area contributed by atoms with Crippen molar-refractivity contribution in [1.82, 2.24) is 10.0 Å². The van der Waals surface area contributed by atoms with E-state index in [1.54, 1.807) is 12.1 Å². The van der Waals surface area contributed by atoms with E-state index in [2.05, 4.69) is 10.0 Å². The summed E-state index contributed by atoms with van der Waals surface area (Å²) in [4.78, 5) is 0.330. The van der Waals surface area contributed by atoms with Crippen molar-refractivity contribution >= 4 is 10.0 Å². The van der Waals surface area contributed by atoms with E-state index in [-0.39, 0.29) is 12.0 Å². The summed E-state index contributed by atoms with van der Waals surface area (Å²) in [7, 11) is -3.42. The second kappa shape index (κ2) is 7.76. The van der Waals surface area contributed by atoms with Gasteiger partial charge in [0, 0.05) is 12.6 Å². The fourth-order valence-electron chi connectivity index (χ4n) is 2.01.